The molecule has 0 saturated carbocycles. The summed E-state index contributed by atoms with van der Waals surface area (Å²) in [4.78, 5) is 49.4. The molecular formula is C25H39N3O5. The molecule has 0 spiro atoms. The van der Waals surface area contributed by atoms with Crippen LogP contribution in [0.5, 0.6) is 0 Å². The SMILES string of the molecule is CCC[C@H](C=O)NC(=O)[C@H](CC(C)C)NC(=O)[C@H](CC(C)C)NC(=O)OCc1ccccc1. The second kappa shape index (κ2) is 15.0. The lowest BCUT2D eigenvalue weighted by Gasteiger charge is -2.25. The Morgan fingerprint density at radius 2 is 1.42 bits per heavy atom. The Morgan fingerprint density at radius 1 is 0.879 bits per heavy atom. The van der Waals surface area contributed by atoms with E-state index in [1.807, 2.05) is 65.0 Å². The van der Waals surface area contributed by atoms with E-state index < -0.39 is 36.0 Å². The molecule has 0 unspecified atom stereocenters. The fourth-order valence-electron chi connectivity index (χ4n) is 3.35. The molecule has 0 bridgehead atoms. The number of amides is 3. The zero-order valence-electron chi connectivity index (χ0n) is 20.4. The third-order valence-corrected chi connectivity index (χ3v) is 4.96. The highest BCUT2D eigenvalue weighted by Gasteiger charge is 2.29. The van der Waals surface area contributed by atoms with E-state index in [0.29, 0.717) is 25.5 Å². The Morgan fingerprint density at radius 3 is 1.94 bits per heavy atom. The van der Waals surface area contributed by atoms with Crippen LogP contribution in [0.2, 0.25) is 0 Å². The van der Waals surface area contributed by atoms with Gasteiger partial charge in [0.05, 0.1) is 6.04 Å². The molecule has 3 atom stereocenters. The molecule has 8 nitrogen and oxygen atoms in total. The molecule has 0 aliphatic carbocycles. The maximum atomic E-state index is 13.0. The van der Waals surface area contributed by atoms with Crippen molar-refractivity contribution in [3.63, 3.8) is 0 Å². The van der Waals surface area contributed by atoms with Gasteiger partial charge in [0.1, 0.15) is 25.0 Å². The highest BCUT2D eigenvalue weighted by molar-refractivity contribution is 5.92. The molecule has 8 heteroatoms. The highest BCUT2D eigenvalue weighted by atomic mass is 16.5. The molecule has 33 heavy (non-hydrogen) atoms. The van der Waals surface area contributed by atoms with Crippen molar-refractivity contribution >= 4 is 24.2 Å². The normalized spacial score (nSPS) is 13.7. The topological polar surface area (TPSA) is 114 Å². The van der Waals surface area contributed by atoms with Crippen molar-refractivity contribution in [1.29, 1.82) is 0 Å². The van der Waals surface area contributed by atoms with Gasteiger partial charge >= 0.3 is 6.09 Å². The van der Waals surface area contributed by atoms with Crippen molar-refractivity contribution in [3.8, 4) is 0 Å². The summed E-state index contributed by atoms with van der Waals surface area (Å²) >= 11 is 0. The van der Waals surface area contributed by atoms with E-state index in [1.165, 1.54) is 0 Å². The van der Waals surface area contributed by atoms with Crippen molar-refractivity contribution in [3.05, 3.63) is 35.9 Å². The first kappa shape index (κ1) is 28.1. The van der Waals surface area contributed by atoms with E-state index in [0.717, 1.165) is 12.0 Å². The summed E-state index contributed by atoms with van der Waals surface area (Å²) in [5.74, 6) is -0.609. The highest BCUT2D eigenvalue weighted by Crippen LogP contribution is 2.10. The number of aldehydes is 1. The van der Waals surface area contributed by atoms with Gasteiger partial charge in [-0.2, -0.15) is 0 Å². The van der Waals surface area contributed by atoms with Gasteiger partial charge in [0.2, 0.25) is 11.8 Å². The smallest absolute Gasteiger partial charge is 0.408 e. The van der Waals surface area contributed by atoms with Crippen LogP contribution in [0, 0.1) is 11.8 Å². The predicted molar refractivity (Wildman–Crippen MR) is 127 cm³/mol. The van der Waals surface area contributed by atoms with Crippen molar-refractivity contribution in [2.24, 2.45) is 11.8 Å². The fourth-order valence-corrected chi connectivity index (χ4v) is 3.35. The Labute approximate surface area is 197 Å². The molecule has 1 aromatic carbocycles. The largest absolute Gasteiger partial charge is 0.445 e. The summed E-state index contributed by atoms with van der Waals surface area (Å²) < 4.78 is 5.25. The Bertz CT molecular complexity index is 752. The van der Waals surface area contributed by atoms with Crippen LogP contribution in [0.25, 0.3) is 0 Å². The number of rotatable bonds is 14. The lowest BCUT2D eigenvalue weighted by atomic mass is 10.00. The second-order valence-electron chi connectivity index (χ2n) is 9.12. The van der Waals surface area contributed by atoms with Gasteiger partial charge in [-0.05, 0) is 36.7 Å². The van der Waals surface area contributed by atoms with E-state index in [2.05, 4.69) is 16.0 Å². The van der Waals surface area contributed by atoms with Crippen molar-refractivity contribution in [1.82, 2.24) is 16.0 Å². The summed E-state index contributed by atoms with van der Waals surface area (Å²) in [6, 6.07) is 6.99. The van der Waals surface area contributed by atoms with Crippen LogP contribution in [0.15, 0.2) is 30.3 Å². The van der Waals surface area contributed by atoms with Crippen LogP contribution < -0.4 is 16.0 Å². The van der Waals surface area contributed by atoms with Crippen LogP contribution in [-0.2, 0) is 25.7 Å². The number of benzene rings is 1. The summed E-state index contributed by atoms with van der Waals surface area (Å²) in [6.45, 7) is 9.78. The van der Waals surface area contributed by atoms with E-state index >= 15 is 0 Å². The maximum absolute atomic E-state index is 13.0. The summed E-state index contributed by atoms with van der Waals surface area (Å²) in [5.41, 5.74) is 0.836. The van der Waals surface area contributed by atoms with Gasteiger partial charge in [0.25, 0.3) is 0 Å². The van der Waals surface area contributed by atoms with Crippen LogP contribution in [0.3, 0.4) is 0 Å². The number of nitrogens with one attached hydrogen (secondary N) is 3. The average molecular weight is 462 g/mol. The average Bonchev–Trinajstić information content (AvgIpc) is 2.76. The molecule has 3 amide bonds. The van der Waals surface area contributed by atoms with Crippen LogP contribution in [-0.4, -0.2) is 42.3 Å². The molecule has 184 valence electrons. The molecule has 0 fully saturated rings. The van der Waals surface area contributed by atoms with Crippen LogP contribution >= 0.6 is 0 Å². The number of alkyl carbamates (subject to hydrolysis) is 1. The first-order chi connectivity index (χ1) is 15.7. The van der Waals surface area contributed by atoms with E-state index in [1.54, 1.807) is 0 Å². The second-order valence-corrected chi connectivity index (χ2v) is 9.12. The van der Waals surface area contributed by atoms with E-state index in [9.17, 15) is 19.2 Å². The standard InChI is InChI=1S/C25H39N3O5/c1-6-10-20(15-29)26-23(30)21(13-17(2)3)27-24(31)22(14-18(4)5)28-25(32)33-16-19-11-8-7-9-12-19/h7-9,11-12,15,17-18,20-22H,6,10,13-14,16H2,1-5H3,(H,26,30)(H,27,31)(H,28,32)/t20-,21+,22+/m1/s1. The number of ether oxygens (including phenoxy) is 1. The minimum Gasteiger partial charge on any atom is -0.445 e. The summed E-state index contributed by atoms with van der Waals surface area (Å²) in [5, 5.41) is 8.10. The van der Waals surface area contributed by atoms with Crippen LogP contribution in [0.4, 0.5) is 4.79 Å². The first-order valence-corrected chi connectivity index (χ1v) is 11.7. The van der Waals surface area contributed by atoms with Crippen LogP contribution in [0.1, 0.15) is 65.9 Å². The molecule has 0 radical (unpaired) electrons. The molecule has 3 N–H and O–H groups in total. The van der Waals surface area contributed by atoms with Crippen molar-refractivity contribution in [2.45, 2.75) is 85.0 Å². The minimum absolute atomic E-state index is 0.0889. The molecule has 0 aliphatic rings. The lowest BCUT2D eigenvalue weighted by Crippen LogP contribution is -2.55. The zero-order chi connectivity index (χ0) is 24.8. The third-order valence-electron chi connectivity index (χ3n) is 4.96. The third kappa shape index (κ3) is 11.5. The Balaban J connectivity index is 2.82. The molecular weight excluding hydrogens is 422 g/mol. The predicted octanol–water partition coefficient (Wildman–Crippen LogP) is 3.34. The number of carbonyl (C=O) groups is 4. The van der Waals surface area contributed by atoms with Gasteiger partial charge in [0.15, 0.2) is 0 Å². The van der Waals surface area contributed by atoms with E-state index in [4.69, 9.17) is 4.74 Å². The molecule has 0 aliphatic heterocycles. The minimum atomic E-state index is -0.853. The molecule has 0 aromatic heterocycles. The van der Waals surface area contributed by atoms with Gasteiger partial charge in [-0.15, -0.1) is 0 Å². The molecule has 1 aromatic rings. The molecule has 0 heterocycles. The number of carbonyl (C=O) groups excluding carboxylic acids is 4. The lowest BCUT2D eigenvalue weighted by molar-refractivity contribution is -0.131. The first-order valence-electron chi connectivity index (χ1n) is 11.7. The summed E-state index contributed by atoms with van der Waals surface area (Å²) in [7, 11) is 0. The van der Waals surface area contributed by atoms with E-state index in [-0.39, 0.29) is 18.4 Å². The number of hydrogen-bond donors (Lipinski definition) is 3. The van der Waals surface area contributed by atoms with Crippen molar-refractivity contribution in [2.75, 3.05) is 0 Å². The Kier molecular flexibility index (Phi) is 12.8. The van der Waals surface area contributed by atoms with Crippen molar-refractivity contribution < 1.29 is 23.9 Å². The maximum Gasteiger partial charge on any atom is 0.408 e. The fraction of sp³-hybridized carbons (Fsp3) is 0.600. The zero-order valence-corrected chi connectivity index (χ0v) is 20.4. The quantitative estimate of drug-likeness (QED) is 0.368. The monoisotopic (exact) mass is 461 g/mol. The Hall–Kier alpha value is -2.90. The van der Waals surface area contributed by atoms with Gasteiger partial charge in [0, 0.05) is 0 Å². The molecule has 1 rings (SSSR count). The van der Waals surface area contributed by atoms with Gasteiger partial charge in [-0.25, -0.2) is 4.79 Å². The van der Waals surface area contributed by atoms with Gasteiger partial charge in [-0.3, -0.25) is 9.59 Å². The molecule has 0 saturated heterocycles. The number of hydrogen-bond acceptors (Lipinski definition) is 5. The summed E-state index contributed by atoms with van der Waals surface area (Å²) in [6.07, 6.45) is 2.07. The van der Waals surface area contributed by atoms with Gasteiger partial charge < -0.3 is 25.5 Å². The van der Waals surface area contributed by atoms with Gasteiger partial charge in [-0.1, -0.05) is 71.4 Å².